The first-order valence-corrected chi connectivity index (χ1v) is 9.56. The molecule has 7 N–H and O–H groups in total. The lowest BCUT2D eigenvalue weighted by Crippen LogP contribution is -2.58. The highest BCUT2D eigenvalue weighted by Crippen LogP contribution is 2.15. The molecule has 0 radical (unpaired) electrons. The monoisotopic (exact) mass is 423 g/mol. The van der Waals surface area contributed by atoms with E-state index in [-0.39, 0.29) is 12.1 Å². The second-order valence-corrected chi connectivity index (χ2v) is 7.87. The van der Waals surface area contributed by atoms with Crippen molar-refractivity contribution in [2.45, 2.75) is 52.1 Å². The number of nitrogens with one attached hydrogen (secondary N) is 2. The fourth-order valence-electron chi connectivity index (χ4n) is 2.62. The summed E-state index contributed by atoms with van der Waals surface area (Å²) < 4.78 is 0. The Morgan fingerprint density at radius 2 is 1.73 bits per heavy atom. The molecule has 0 saturated heterocycles. The molecule has 1 heterocycles. The minimum Gasteiger partial charge on any atom is -0.478 e. The highest BCUT2D eigenvalue weighted by molar-refractivity contribution is 5.91. The predicted molar refractivity (Wildman–Crippen MR) is 116 cm³/mol. The van der Waals surface area contributed by atoms with E-state index in [4.69, 9.17) is 16.2 Å². The molecule has 0 spiro atoms. The molecule has 1 aromatic rings. The van der Waals surface area contributed by atoms with Gasteiger partial charge in [-0.3, -0.25) is 5.01 Å². The molecule has 168 valence electrons. The number of nitrogens with zero attached hydrogens (tertiary/aromatic N) is 4. The van der Waals surface area contributed by atoms with Crippen LogP contribution in [0, 0.1) is 0 Å². The van der Waals surface area contributed by atoms with Gasteiger partial charge in [-0.2, -0.15) is 0 Å². The molecule has 1 atom stereocenters. The number of aromatic nitrogens is 1. The Morgan fingerprint density at radius 3 is 2.23 bits per heavy atom. The summed E-state index contributed by atoms with van der Waals surface area (Å²) in [6.45, 7) is 10.6. The number of pyridine rings is 1. The average molecular weight is 424 g/mol. The second-order valence-electron chi connectivity index (χ2n) is 7.87. The third-order valence-electron chi connectivity index (χ3n) is 5.21. The molecule has 0 aliphatic heterocycles. The number of anilines is 1. The van der Waals surface area contributed by atoms with Crippen LogP contribution in [0.25, 0.3) is 0 Å². The number of hydrogen-bond acceptors (Lipinski definition) is 10. The fourth-order valence-corrected chi connectivity index (χ4v) is 2.62. The molecule has 0 aromatic carbocycles. The van der Waals surface area contributed by atoms with Crippen LogP contribution in [-0.2, 0) is 0 Å². The first-order chi connectivity index (χ1) is 14.0. The van der Waals surface area contributed by atoms with Crippen LogP contribution < -0.4 is 21.5 Å². The molecule has 1 rings (SSSR count). The van der Waals surface area contributed by atoms with Crippen molar-refractivity contribution in [3.05, 3.63) is 23.9 Å². The smallest absolute Gasteiger partial charge is 0.337 e. The number of carbonyl (C=O) groups is 1. The van der Waals surface area contributed by atoms with E-state index in [1.54, 1.807) is 13.8 Å². The number of oxime groups is 2. The van der Waals surface area contributed by atoms with E-state index < -0.39 is 17.0 Å². The molecule has 0 bridgehead atoms. The number of carboxylic acids is 1. The Kier molecular flexibility index (Phi) is 9.15. The third-order valence-corrected chi connectivity index (χ3v) is 5.21. The zero-order valence-corrected chi connectivity index (χ0v) is 18.2. The largest absolute Gasteiger partial charge is 0.478 e. The van der Waals surface area contributed by atoms with Crippen molar-refractivity contribution in [3.8, 4) is 0 Å². The van der Waals surface area contributed by atoms with E-state index in [0.717, 1.165) is 6.42 Å². The van der Waals surface area contributed by atoms with Crippen LogP contribution in [0.1, 0.15) is 51.4 Å². The first kappa shape index (κ1) is 25.3. The van der Waals surface area contributed by atoms with Gasteiger partial charge in [-0.05, 0) is 66.3 Å². The molecule has 0 amide bonds. The van der Waals surface area contributed by atoms with Gasteiger partial charge in [0.05, 0.1) is 34.6 Å². The lowest BCUT2D eigenvalue weighted by molar-refractivity contribution is 0.0696. The van der Waals surface area contributed by atoms with Gasteiger partial charge in [0.15, 0.2) is 0 Å². The van der Waals surface area contributed by atoms with E-state index in [1.165, 1.54) is 23.3 Å². The normalized spacial score (nSPS) is 15.0. The third kappa shape index (κ3) is 6.94. The molecule has 30 heavy (non-hydrogen) atoms. The number of hydrogen-bond donors (Lipinski definition) is 6. The first-order valence-electron chi connectivity index (χ1n) is 9.56. The van der Waals surface area contributed by atoms with Crippen LogP contribution in [0.3, 0.4) is 0 Å². The number of carboxylic acid groups (broad SMARTS) is 1. The molecule has 1 aromatic heterocycles. The van der Waals surface area contributed by atoms with Crippen molar-refractivity contribution < 1.29 is 20.3 Å². The van der Waals surface area contributed by atoms with Crippen LogP contribution in [0.15, 0.2) is 28.6 Å². The highest BCUT2D eigenvalue weighted by Gasteiger charge is 2.30. The predicted octanol–water partition coefficient (Wildman–Crippen LogP) is 1.27. The molecule has 1 unspecified atom stereocenters. The average Bonchev–Trinajstić information content (AvgIpc) is 2.71. The van der Waals surface area contributed by atoms with Crippen molar-refractivity contribution in [1.29, 1.82) is 0 Å². The van der Waals surface area contributed by atoms with E-state index in [2.05, 4.69) is 25.9 Å². The lowest BCUT2D eigenvalue weighted by atomic mass is 9.95. The van der Waals surface area contributed by atoms with E-state index in [0.29, 0.717) is 30.3 Å². The Balaban J connectivity index is 2.72. The van der Waals surface area contributed by atoms with Gasteiger partial charge in [0.25, 0.3) is 0 Å². The van der Waals surface area contributed by atoms with Gasteiger partial charge in [0, 0.05) is 6.20 Å². The summed E-state index contributed by atoms with van der Waals surface area (Å²) >= 11 is 0. The minimum atomic E-state index is -1.07. The van der Waals surface area contributed by atoms with Gasteiger partial charge >= 0.3 is 5.97 Å². The molecular formula is C19H33N7O4. The second kappa shape index (κ2) is 10.9. The van der Waals surface area contributed by atoms with Gasteiger partial charge in [0.2, 0.25) is 0 Å². The van der Waals surface area contributed by atoms with E-state index in [1.807, 2.05) is 20.8 Å². The Hall–Kier alpha value is -2.76. The maximum Gasteiger partial charge on any atom is 0.337 e. The van der Waals surface area contributed by atoms with Gasteiger partial charge in [-0.25, -0.2) is 15.6 Å². The summed E-state index contributed by atoms with van der Waals surface area (Å²) in [5.74, 6) is 5.46. The molecule has 11 heteroatoms. The van der Waals surface area contributed by atoms with Crippen molar-refractivity contribution in [2.24, 2.45) is 16.2 Å². The number of hydrazine groups is 1. The van der Waals surface area contributed by atoms with Crippen molar-refractivity contribution in [1.82, 2.24) is 15.6 Å². The van der Waals surface area contributed by atoms with Gasteiger partial charge < -0.3 is 26.2 Å². The minimum absolute atomic E-state index is 0.0676. The Morgan fingerprint density at radius 1 is 1.13 bits per heavy atom. The van der Waals surface area contributed by atoms with Crippen molar-refractivity contribution in [2.75, 3.05) is 24.6 Å². The van der Waals surface area contributed by atoms with E-state index in [9.17, 15) is 10.0 Å². The molecule has 11 nitrogen and oxygen atoms in total. The fraction of sp³-hybridized carbons (Fsp3) is 0.579. The standard InChI is InChI=1S/C19H33N7O4/c1-13(24-29)18(3,4)22-9-6-10-23-19(5,14(2)25-30)12-26(20)16-8-7-15(11-21-16)17(27)28/h7-8,11,22-23,29-30H,6,9-10,12,20H2,1-5H3,(H,27,28)/b24-13+,25-14+. The van der Waals surface area contributed by atoms with Crippen LogP contribution >= 0.6 is 0 Å². The molecular weight excluding hydrogens is 390 g/mol. The molecule has 0 aliphatic rings. The van der Waals surface area contributed by atoms with Crippen molar-refractivity contribution in [3.63, 3.8) is 0 Å². The highest BCUT2D eigenvalue weighted by atomic mass is 16.4. The zero-order valence-electron chi connectivity index (χ0n) is 18.2. The summed E-state index contributed by atoms with van der Waals surface area (Å²) in [6, 6.07) is 2.94. The quantitative estimate of drug-likeness (QED) is 0.0952. The molecule has 0 saturated carbocycles. The lowest BCUT2D eigenvalue weighted by Gasteiger charge is -2.34. The van der Waals surface area contributed by atoms with Crippen LogP contribution in [0.5, 0.6) is 0 Å². The summed E-state index contributed by atoms with van der Waals surface area (Å²) in [6.07, 6.45) is 1.99. The number of aromatic carboxylic acids is 1. The summed E-state index contributed by atoms with van der Waals surface area (Å²) in [5.41, 5.74) is -0.0877. The van der Waals surface area contributed by atoms with Gasteiger partial charge in [0.1, 0.15) is 5.82 Å². The van der Waals surface area contributed by atoms with Crippen LogP contribution in [0.4, 0.5) is 5.82 Å². The topological polar surface area (TPSA) is 169 Å². The number of nitrogens with two attached hydrogens (primary N) is 1. The SMILES string of the molecule is C/C(=N\O)C(C)(C)NCCCNC(C)(CN(N)c1ccc(C(=O)O)cn1)/C(C)=N/O. The molecule has 0 fully saturated rings. The van der Waals surface area contributed by atoms with Gasteiger partial charge in [-0.1, -0.05) is 10.3 Å². The van der Waals surface area contributed by atoms with Crippen LogP contribution in [-0.4, -0.2) is 68.6 Å². The molecule has 0 aliphatic carbocycles. The van der Waals surface area contributed by atoms with E-state index >= 15 is 0 Å². The maximum atomic E-state index is 11.0. The summed E-state index contributed by atoms with van der Waals surface area (Å²) in [5, 5.41) is 41.8. The van der Waals surface area contributed by atoms with Crippen LogP contribution in [0.2, 0.25) is 0 Å². The summed E-state index contributed by atoms with van der Waals surface area (Å²) in [4.78, 5) is 15.0. The summed E-state index contributed by atoms with van der Waals surface area (Å²) in [7, 11) is 0. The number of rotatable bonds is 12. The Labute approximate surface area is 176 Å². The maximum absolute atomic E-state index is 11.0. The Bertz CT molecular complexity index is 765. The van der Waals surface area contributed by atoms with Gasteiger partial charge in [-0.15, -0.1) is 0 Å². The van der Waals surface area contributed by atoms with Crippen molar-refractivity contribution >= 4 is 23.2 Å². The zero-order chi connectivity index (χ0) is 22.9.